The van der Waals surface area contributed by atoms with Crippen LogP contribution in [0.1, 0.15) is 36.8 Å². The van der Waals surface area contributed by atoms with Gasteiger partial charge in [0.15, 0.2) is 0 Å². The van der Waals surface area contributed by atoms with Gasteiger partial charge in [0.2, 0.25) is 5.91 Å². The van der Waals surface area contributed by atoms with Crippen molar-refractivity contribution in [1.29, 1.82) is 0 Å². The van der Waals surface area contributed by atoms with E-state index in [0.29, 0.717) is 6.54 Å². The maximum Gasteiger partial charge on any atom is 0.227 e. The second-order valence-electron chi connectivity index (χ2n) is 5.74. The first-order chi connectivity index (χ1) is 9.08. The molecule has 1 aliphatic rings. The summed E-state index contributed by atoms with van der Waals surface area (Å²) in [5.41, 5.74) is 8.50. The fraction of sp³-hybridized carbons (Fsp3) is 0.562. The molecule has 0 aromatic heterocycles. The predicted molar refractivity (Wildman–Crippen MR) is 77.6 cm³/mol. The van der Waals surface area contributed by atoms with Gasteiger partial charge in [-0.3, -0.25) is 4.79 Å². The lowest BCUT2D eigenvalue weighted by atomic mass is 9.84. The monoisotopic (exact) mass is 260 g/mol. The first-order valence-electron chi connectivity index (χ1n) is 7.14. The van der Waals surface area contributed by atoms with Crippen LogP contribution >= 0.6 is 0 Å². The van der Waals surface area contributed by atoms with Gasteiger partial charge in [0.25, 0.3) is 0 Å². The minimum atomic E-state index is 0.0172. The molecule has 0 aliphatic heterocycles. The summed E-state index contributed by atoms with van der Waals surface area (Å²) < 4.78 is 0. The summed E-state index contributed by atoms with van der Waals surface area (Å²) in [6.07, 6.45) is 4.21. The van der Waals surface area contributed by atoms with Crippen molar-refractivity contribution in [3.63, 3.8) is 0 Å². The van der Waals surface area contributed by atoms with Gasteiger partial charge in [-0.25, -0.2) is 0 Å². The highest BCUT2D eigenvalue weighted by Gasteiger charge is 2.30. The second-order valence-corrected chi connectivity index (χ2v) is 5.74. The highest BCUT2D eigenvalue weighted by Crippen LogP contribution is 2.25. The van der Waals surface area contributed by atoms with Gasteiger partial charge in [0, 0.05) is 19.6 Å². The summed E-state index contributed by atoms with van der Waals surface area (Å²) in [6.45, 7) is 2.74. The second kappa shape index (κ2) is 6.20. The molecule has 0 bridgehead atoms. The smallest absolute Gasteiger partial charge is 0.227 e. The molecule has 2 N–H and O–H groups in total. The van der Waals surface area contributed by atoms with E-state index in [1.807, 2.05) is 18.0 Å². The van der Waals surface area contributed by atoms with Crippen molar-refractivity contribution in [2.24, 2.45) is 11.7 Å². The van der Waals surface area contributed by atoms with Gasteiger partial charge in [-0.05, 0) is 25.3 Å². The van der Waals surface area contributed by atoms with Gasteiger partial charge in [-0.15, -0.1) is 0 Å². The van der Waals surface area contributed by atoms with Gasteiger partial charge in [-0.2, -0.15) is 0 Å². The predicted octanol–water partition coefficient (Wildman–Crippen LogP) is 2.47. The number of hydrogen-bond donors (Lipinski definition) is 1. The van der Waals surface area contributed by atoms with Crippen LogP contribution in [0.15, 0.2) is 24.3 Å². The Hall–Kier alpha value is -1.35. The Balaban J connectivity index is 1.99. The van der Waals surface area contributed by atoms with E-state index < -0.39 is 0 Å². The van der Waals surface area contributed by atoms with Crippen LogP contribution in [0, 0.1) is 12.8 Å². The Morgan fingerprint density at radius 2 is 2.11 bits per heavy atom. The molecule has 1 aliphatic carbocycles. The lowest BCUT2D eigenvalue weighted by molar-refractivity contribution is -0.136. The highest BCUT2D eigenvalue weighted by molar-refractivity contribution is 5.79. The summed E-state index contributed by atoms with van der Waals surface area (Å²) in [5, 5.41) is 0. The van der Waals surface area contributed by atoms with Gasteiger partial charge >= 0.3 is 0 Å². The van der Waals surface area contributed by atoms with E-state index in [4.69, 9.17) is 5.73 Å². The third-order valence-corrected chi connectivity index (χ3v) is 4.02. The molecule has 2 rings (SSSR count). The highest BCUT2D eigenvalue weighted by atomic mass is 16.2. The van der Waals surface area contributed by atoms with Gasteiger partial charge in [0.1, 0.15) is 0 Å². The maximum absolute atomic E-state index is 12.4. The SMILES string of the molecule is Cc1cccc(CN(C)C(=O)C2CCCCC2N)c1. The summed E-state index contributed by atoms with van der Waals surface area (Å²) in [4.78, 5) is 14.3. The van der Waals surface area contributed by atoms with E-state index >= 15 is 0 Å². The van der Waals surface area contributed by atoms with Crippen molar-refractivity contribution in [3.05, 3.63) is 35.4 Å². The number of carbonyl (C=O) groups excluding carboxylic acids is 1. The van der Waals surface area contributed by atoms with Crippen LogP contribution in [0.2, 0.25) is 0 Å². The van der Waals surface area contributed by atoms with E-state index in [0.717, 1.165) is 25.7 Å². The Labute approximate surface area is 115 Å². The van der Waals surface area contributed by atoms with E-state index in [2.05, 4.69) is 25.1 Å². The molecule has 0 radical (unpaired) electrons. The van der Waals surface area contributed by atoms with Gasteiger partial charge in [-0.1, -0.05) is 42.7 Å². The fourth-order valence-electron chi connectivity index (χ4n) is 2.91. The molecule has 1 saturated carbocycles. The van der Waals surface area contributed by atoms with Crippen molar-refractivity contribution in [3.8, 4) is 0 Å². The quantitative estimate of drug-likeness (QED) is 0.907. The summed E-state index contributed by atoms with van der Waals surface area (Å²) in [5.74, 6) is 0.220. The van der Waals surface area contributed by atoms with Crippen LogP contribution in [-0.4, -0.2) is 23.9 Å². The molecule has 0 heterocycles. The molecule has 0 spiro atoms. The summed E-state index contributed by atoms with van der Waals surface area (Å²) in [6, 6.07) is 8.35. The molecule has 104 valence electrons. The van der Waals surface area contributed by atoms with E-state index in [1.165, 1.54) is 11.1 Å². The molecule has 19 heavy (non-hydrogen) atoms. The molecule has 3 heteroatoms. The zero-order chi connectivity index (χ0) is 13.8. The van der Waals surface area contributed by atoms with Crippen LogP contribution in [0.4, 0.5) is 0 Å². The van der Waals surface area contributed by atoms with Crippen LogP contribution in [0.3, 0.4) is 0 Å². The molecule has 1 fully saturated rings. The molecular formula is C16H24N2O. The molecule has 1 aromatic carbocycles. The van der Waals surface area contributed by atoms with Crippen LogP contribution < -0.4 is 5.73 Å². The van der Waals surface area contributed by atoms with Crippen LogP contribution in [0.25, 0.3) is 0 Å². The molecule has 1 amide bonds. The maximum atomic E-state index is 12.4. The number of nitrogens with zero attached hydrogens (tertiary/aromatic N) is 1. The minimum Gasteiger partial charge on any atom is -0.341 e. The number of benzene rings is 1. The number of hydrogen-bond acceptors (Lipinski definition) is 2. The number of nitrogens with two attached hydrogens (primary N) is 1. The van der Waals surface area contributed by atoms with Crippen molar-refractivity contribution in [2.45, 2.75) is 45.2 Å². The standard InChI is InChI=1S/C16H24N2O/c1-12-6-5-7-13(10-12)11-18(2)16(19)14-8-3-4-9-15(14)17/h5-7,10,14-15H,3-4,8-9,11,17H2,1-2H3. The Bertz CT molecular complexity index is 444. The lowest BCUT2D eigenvalue weighted by Crippen LogP contribution is -2.44. The third-order valence-electron chi connectivity index (χ3n) is 4.02. The van der Waals surface area contributed by atoms with Crippen molar-refractivity contribution < 1.29 is 4.79 Å². The Kier molecular flexibility index (Phi) is 4.59. The van der Waals surface area contributed by atoms with Crippen molar-refractivity contribution >= 4 is 5.91 Å². The number of carbonyl (C=O) groups is 1. The van der Waals surface area contributed by atoms with Gasteiger partial charge in [0.05, 0.1) is 5.92 Å². The number of aryl methyl sites for hydroxylation is 1. The van der Waals surface area contributed by atoms with E-state index in [-0.39, 0.29) is 17.9 Å². The Morgan fingerprint density at radius 3 is 2.79 bits per heavy atom. The summed E-state index contributed by atoms with van der Waals surface area (Å²) in [7, 11) is 1.88. The molecule has 0 saturated heterocycles. The van der Waals surface area contributed by atoms with E-state index in [9.17, 15) is 4.79 Å². The zero-order valence-corrected chi connectivity index (χ0v) is 11.9. The first kappa shape index (κ1) is 14.1. The Morgan fingerprint density at radius 1 is 1.37 bits per heavy atom. The zero-order valence-electron chi connectivity index (χ0n) is 11.9. The average molecular weight is 260 g/mol. The number of amides is 1. The van der Waals surface area contributed by atoms with Crippen molar-refractivity contribution in [1.82, 2.24) is 4.90 Å². The van der Waals surface area contributed by atoms with E-state index in [1.54, 1.807) is 0 Å². The average Bonchev–Trinajstić information content (AvgIpc) is 2.38. The van der Waals surface area contributed by atoms with Crippen molar-refractivity contribution in [2.75, 3.05) is 7.05 Å². The van der Waals surface area contributed by atoms with Gasteiger partial charge < -0.3 is 10.6 Å². The van der Waals surface area contributed by atoms with Crippen LogP contribution in [0.5, 0.6) is 0 Å². The molecular weight excluding hydrogens is 236 g/mol. The normalized spacial score (nSPS) is 23.1. The minimum absolute atomic E-state index is 0.0172. The molecule has 1 aromatic rings. The fourth-order valence-corrected chi connectivity index (χ4v) is 2.91. The molecule has 2 atom stereocenters. The topological polar surface area (TPSA) is 46.3 Å². The first-order valence-corrected chi connectivity index (χ1v) is 7.14. The molecule has 3 nitrogen and oxygen atoms in total. The third kappa shape index (κ3) is 3.57. The molecule has 2 unspecified atom stereocenters. The number of rotatable bonds is 3. The lowest BCUT2D eigenvalue weighted by Gasteiger charge is -2.31. The van der Waals surface area contributed by atoms with Crippen LogP contribution in [-0.2, 0) is 11.3 Å². The largest absolute Gasteiger partial charge is 0.341 e. The summed E-state index contributed by atoms with van der Waals surface area (Å²) >= 11 is 0.